The summed E-state index contributed by atoms with van der Waals surface area (Å²) in [4.78, 5) is 28.3. The molecule has 4 atom stereocenters. The highest BCUT2D eigenvalue weighted by Crippen LogP contribution is 2.28. The van der Waals surface area contributed by atoms with Gasteiger partial charge in [-0.3, -0.25) is 9.36 Å². The third-order valence-electron chi connectivity index (χ3n) is 6.65. The quantitative estimate of drug-likeness (QED) is 0.228. The molecule has 0 spiro atoms. The van der Waals surface area contributed by atoms with E-state index >= 15 is 0 Å². The fourth-order valence-electron chi connectivity index (χ4n) is 4.47. The van der Waals surface area contributed by atoms with Gasteiger partial charge in [0.15, 0.2) is 6.23 Å². The van der Waals surface area contributed by atoms with Crippen LogP contribution in [0.2, 0.25) is 0 Å². The van der Waals surface area contributed by atoms with Crippen LogP contribution in [0.1, 0.15) is 109 Å². The Morgan fingerprint density at radius 1 is 0.943 bits per heavy atom. The van der Waals surface area contributed by atoms with E-state index in [2.05, 4.69) is 17.2 Å². The number of hydrogen-bond acceptors (Lipinski definition) is 7. The van der Waals surface area contributed by atoms with E-state index in [0.717, 1.165) is 23.8 Å². The molecule has 4 N–H and O–H groups in total. The second kappa shape index (κ2) is 16.8. The zero-order valence-electron chi connectivity index (χ0n) is 21.2. The molecule has 0 bridgehead atoms. The van der Waals surface area contributed by atoms with Crippen molar-refractivity contribution in [2.24, 2.45) is 0 Å². The third-order valence-corrected chi connectivity index (χ3v) is 6.65. The van der Waals surface area contributed by atoms with E-state index in [4.69, 9.17) is 4.74 Å². The number of aromatic nitrogens is 2. The van der Waals surface area contributed by atoms with Gasteiger partial charge in [0.1, 0.15) is 24.1 Å². The molecule has 0 radical (unpaired) electrons. The van der Waals surface area contributed by atoms with Crippen molar-refractivity contribution in [2.75, 3.05) is 11.9 Å². The van der Waals surface area contributed by atoms with Gasteiger partial charge in [0.25, 0.3) is 0 Å². The van der Waals surface area contributed by atoms with Gasteiger partial charge in [-0.15, -0.1) is 0 Å². The first-order chi connectivity index (χ1) is 17.0. The molecule has 9 heteroatoms. The summed E-state index contributed by atoms with van der Waals surface area (Å²) in [6.45, 7) is 1.77. The van der Waals surface area contributed by atoms with E-state index in [9.17, 15) is 24.9 Å². The molecule has 1 amide bonds. The van der Waals surface area contributed by atoms with E-state index in [1.807, 2.05) is 0 Å². The van der Waals surface area contributed by atoms with Crippen molar-refractivity contribution in [3.63, 3.8) is 0 Å². The number of hydrogen-bond donors (Lipinski definition) is 4. The Labute approximate surface area is 208 Å². The summed E-state index contributed by atoms with van der Waals surface area (Å²) in [6, 6.07) is 1.44. The summed E-state index contributed by atoms with van der Waals surface area (Å²) in [6.07, 6.45) is 14.5. The Morgan fingerprint density at radius 3 is 1.97 bits per heavy atom. The molecule has 2 heterocycles. The summed E-state index contributed by atoms with van der Waals surface area (Å²) in [5.74, 6) is -0.0603. The highest BCUT2D eigenvalue weighted by atomic mass is 16.6. The minimum Gasteiger partial charge on any atom is -0.394 e. The average Bonchev–Trinajstić information content (AvgIpc) is 3.13. The largest absolute Gasteiger partial charge is 0.394 e. The molecule has 2 rings (SSSR count). The summed E-state index contributed by atoms with van der Waals surface area (Å²) in [5, 5.41) is 31.7. The summed E-state index contributed by atoms with van der Waals surface area (Å²) < 4.78 is 6.38. The van der Waals surface area contributed by atoms with Gasteiger partial charge in [-0.1, -0.05) is 90.4 Å². The first kappa shape index (κ1) is 29.4. The maximum Gasteiger partial charge on any atom is 0.351 e. The number of ether oxygens (including phenoxy) is 1. The molecule has 1 saturated heterocycles. The van der Waals surface area contributed by atoms with Crippen LogP contribution in [0.5, 0.6) is 0 Å². The normalized spacial score (nSPS) is 21.9. The number of nitrogens with one attached hydrogen (secondary N) is 1. The maximum atomic E-state index is 12.3. The second-order valence-electron chi connectivity index (χ2n) is 9.63. The monoisotopic (exact) mass is 495 g/mol. The Kier molecular flexibility index (Phi) is 14.1. The lowest BCUT2D eigenvalue weighted by Crippen LogP contribution is -2.36. The van der Waals surface area contributed by atoms with E-state index in [1.54, 1.807) is 0 Å². The summed E-state index contributed by atoms with van der Waals surface area (Å²) in [7, 11) is 0. The Balaban J connectivity index is 1.55. The highest BCUT2D eigenvalue weighted by Gasteiger charge is 2.43. The van der Waals surface area contributed by atoms with Gasteiger partial charge in [-0.25, -0.2) is 4.79 Å². The number of carbonyl (C=O) groups excluding carboxylic acids is 1. The van der Waals surface area contributed by atoms with Crippen LogP contribution in [0, 0.1) is 0 Å². The van der Waals surface area contributed by atoms with Crippen LogP contribution in [-0.2, 0) is 9.53 Å². The Morgan fingerprint density at radius 2 is 1.49 bits per heavy atom. The molecule has 0 aromatic carbocycles. The van der Waals surface area contributed by atoms with Crippen molar-refractivity contribution in [3.05, 3.63) is 22.7 Å². The van der Waals surface area contributed by atoms with Gasteiger partial charge in [0.2, 0.25) is 5.91 Å². The molecule has 1 aliphatic rings. The number of aliphatic hydroxyl groups is 3. The molecule has 9 nitrogen and oxygen atoms in total. The van der Waals surface area contributed by atoms with Crippen LogP contribution in [0.3, 0.4) is 0 Å². The second-order valence-corrected chi connectivity index (χ2v) is 9.63. The number of unbranched alkanes of at least 4 members (excludes halogenated alkanes) is 13. The molecule has 1 aromatic rings. The minimum atomic E-state index is -1.37. The zero-order valence-corrected chi connectivity index (χ0v) is 21.2. The van der Waals surface area contributed by atoms with Crippen molar-refractivity contribution < 1.29 is 24.9 Å². The van der Waals surface area contributed by atoms with Gasteiger partial charge in [0, 0.05) is 12.6 Å². The highest BCUT2D eigenvalue weighted by molar-refractivity contribution is 5.89. The van der Waals surface area contributed by atoms with Crippen LogP contribution < -0.4 is 11.0 Å². The topological polar surface area (TPSA) is 134 Å². The molecule has 0 aliphatic carbocycles. The number of amides is 1. The van der Waals surface area contributed by atoms with E-state index in [0.29, 0.717) is 6.42 Å². The standard InChI is InChI=1S/C26H45N3O6/c1-2-3-4-5-6-7-8-9-10-11-12-13-14-15-16-22(31)27-21-17-18-29(26(34)28-21)25-24(33)23(32)20(19-30)35-25/h17-18,20,23-25,30,32-33H,2-16,19H2,1H3,(H,27,28,31,34)/t20-,23-,24+,25-/m1/s1. The molecule has 1 fully saturated rings. The molecule has 1 aliphatic heterocycles. The smallest absolute Gasteiger partial charge is 0.351 e. The van der Waals surface area contributed by atoms with Crippen LogP contribution in [0.25, 0.3) is 0 Å². The molecular formula is C26H45N3O6. The lowest BCUT2D eigenvalue weighted by molar-refractivity contribution is -0.116. The predicted molar refractivity (Wildman–Crippen MR) is 135 cm³/mol. The van der Waals surface area contributed by atoms with E-state index in [-0.39, 0.29) is 11.7 Å². The number of nitrogens with zero attached hydrogens (tertiary/aromatic N) is 2. The summed E-state index contributed by atoms with van der Waals surface area (Å²) >= 11 is 0. The van der Waals surface area contributed by atoms with Gasteiger partial charge in [0.05, 0.1) is 6.61 Å². The first-order valence-electron chi connectivity index (χ1n) is 13.5. The maximum absolute atomic E-state index is 12.3. The number of carbonyl (C=O) groups is 1. The molecular weight excluding hydrogens is 450 g/mol. The van der Waals surface area contributed by atoms with Crippen LogP contribution in [0.4, 0.5) is 5.82 Å². The molecule has 200 valence electrons. The van der Waals surface area contributed by atoms with Gasteiger partial charge >= 0.3 is 5.69 Å². The summed E-state index contributed by atoms with van der Waals surface area (Å²) in [5.41, 5.74) is -0.728. The Bertz CT molecular complexity index is 787. The van der Waals surface area contributed by atoms with Crippen molar-refractivity contribution in [3.8, 4) is 0 Å². The fraction of sp³-hybridized carbons (Fsp3) is 0.808. The third kappa shape index (κ3) is 10.4. The van der Waals surface area contributed by atoms with Crippen LogP contribution in [0.15, 0.2) is 17.1 Å². The average molecular weight is 496 g/mol. The van der Waals surface area contributed by atoms with Crippen molar-refractivity contribution in [1.82, 2.24) is 9.55 Å². The molecule has 0 unspecified atom stereocenters. The number of rotatable bonds is 18. The Hall–Kier alpha value is -1.81. The van der Waals surface area contributed by atoms with Gasteiger partial charge < -0.3 is 25.4 Å². The van der Waals surface area contributed by atoms with Crippen molar-refractivity contribution in [2.45, 2.75) is 128 Å². The lowest BCUT2D eigenvalue weighted by Gasteiger charge is -2.17. The predicted octanol–water partition coefficient (Wildman–Crippen LogP) is 3.66. The SMILES string of the molecule is CCCCCCCCCCCCCCCCC(=O)Nc1ccn([C@@H]2O[C@H](CO)[C@@H](O)[C@@H]2O)c(=O)n1. The minimum absolute atomic E-state index is 0.133. The van der Waals surface area contributed by atoms with Crippen molar-refractivity contribution >= 4 is 11.7 Å². The molecule has 35 heavy (non-hydrogen) atoms. The lowest BCUT2D eigenvalue weighted by atomic mass is 10.0. The molecule has 0 saturated carbocycles. The van der Waals surface area contributed by atoms with Crippen LogP contribution >= 0.6 is 0 Å². The van der Waals surface area contributed by atoms with Crippen LogP contribution in [-0.4, -0.2) is 55.7 Å². The number of anilines is 1. The fourth-order valence-corrected chi connectivity index (χ4v) is 4.47. The van der Waals surface area contributed by atoms with Crippen molar-refractivity contribution in [1.29, 1.82) is 0 Å². The first-order valence-corrected chi connectivity index (χ1v) is 13.5. The van der Waals surface area contributed by atoms with Gasteiger partial charge in [-0.05, 0) is 12.5 Å². The molecule has 1 aromatic heterocycles. The number of aliphatic hydroxyl groups excluding tert-OH is 3. The van der Waals surface area contributed by atoms with E-state index in [1.165, 1.54) is 82.9 Å². The zero-order chi connectivity index (χ0) is 25.5. The van der Waals surface area contributed by atoms with E-state index < -0.39 is 36.8 Å². The van der Waals surface area contributed by atoms with Gasteiger partial charge in [-0.2, -0.15) is 4.98 Å².